The van der Waals surface area contributed by atoms with Crippen molar-refractivity contribution in [2.75, 3.05) is 45.4 Å². The molecule has 0 saturated heterocycles. The predicted octanol–water partition coefficient (Wildman–Crippen LogP) is 3.86. The molecule has 12 heteroatoms. The highest BCUT2D eigenvalue weighted by atomic mass is 32.2. The molecule has 0 bridgehead atoms. The van der Waals surface area contributed by atoms with Crippen LogP contribution in [-0.2, 0) is 19.9 Å². The largest absolute Gasteiger partial charge is 0.308 e. The number of anilines is 1. The minimum absolute atomic E-state index is 0.00108. The first-order valence-corrected chi connectivity index (χ1v) is 16.7. The number of nitrogens with zero attached hydrogens (tertiary/aromatic N) is 4. The molecule has 2 aromatic carbocycles. The lowest BCUT2D eigenvalue weighted by atomic mass is 9.96. The maximum absolute atomic E-state index is 13.6. The van der Waals surface area contributed by atoms with Gasteiger partial charge < -0.3 is 4.90 Å². The van der Waals surface area contributed by atoms with E-state index >= 15 is 0 Å². The zero-order chi connectivity index (χ0) is 27.7. The molecule has 38 heavy (non-hydrogen) atoms. The third kappa shape index (κ3) is 6.26. The van der Waals surface area contributed by atoms with Crippen LogP contribution in [0.2, 0.25) is 0 Å². The number of aromatic nitrogens is 1. The molecule has 1 aliphatic rings. The van der Waals surface area contributed by atoms with E-state index in [9.17, 15) is 21.6 Å². The molecule has 1 amide bonds. The summed E-state index contributed by atoms with van der Waals surface area (Å²) < 4.78 is 52.5. The van der Waals surface area contributed by atoms with E-state index in [2.05, 4.69) is 4.98 Å². The van der Waals surface area contributed by atoms with E-state index in [0.29, 0.717) is 34.0 Å². The van der Waals surface area contributed by atoms with E-state index in [1.165, 1.54) is 33.8 Å². The van der Waals surface area contributed by atoms with E-state index in [4.69, 9.17) is 0 Å². The Kier molecular flexibility index (Phi) is 8.58. The molecule has 0 atom stereocenters. The number of sulfone groups is 1. The Morgan fingerprint density at radius 1 is 0.921 bits per heavy atom. The van der Waals surface area contributed by atoms with Crippen LogP contribution < -0.4 is 4.90 Å². The number of carbonyl (C=O) groups is 1. The monoisotopic (exact) mass is 578 g/mol. The Balaban J connectivity index is 1.62. The Morgan fingerprint density at radius 2 is 1.55 bits per heavy atom. The standard InChI is InChI=1S/C26H34N4O5S3/c1-28(2)16-17-30(26-27-23-15-14-22(37(4,32)33)18-24(23)36-26)25(31)19-10-12-21(13-11-19)38(34,35)29(3)20-8-6-5-7-9-20/h10-15,18,20H,5-9,16-17H2,1-4H3. The van der Waals surface area contributed by atoms with Gasteiger partial charge in [0.15, 0.2) is 15.0 Å². The van der Waals surface area contributed by atoms with E-state index in [1.807, 2.05) is 19.0 Å². The minimum Gasteiger partial charge on any atom is -0.308 e. The molecule has 3 aromatic rings. The van der Waals surface area contributed by atoms with Gasteiger partial charge >= 0.3 is 0 Å². The molecule has 1 fully saturated rings. The van der Waals surface area contributed by atoms with E-state index < -0.39 is 19.9 Å². The van der Waals surface area contributed by atoms with Gasteiger partial charge in [-0.15, -0.1) is 0 Å². The molecule has 0 unspecified atom stereocenters. The summed E-state index contributed by atoms with van der Waals surface area (Å²) in [6.07, 6.45) is 6.07. The van der Waals surface area contributed by atoms with Crippen LogP contribution in [0.15, 0.2) is 52.3 Å². The summed E-state index contributed by atoms with van der Waals surface area (Å²) in [6, 6.07) is 10.8. The van der Waals surface area contributed by atoms with E-state index in [1.54, 1.807) is 36.2 Å². The number of sulfonamides is 1. The number of likely N-dealkylation sites (N-methyl/N-ethyl adjacent to an activating group) is 1. The van der Waals surface area contributed by atoms with Gasteiger partial charge in [0, 0.05) is 38.0 Å². The highest BCUT2D eigenvalue weighted by Gasteiger charge is 2.29. The van der Waals surface area contributed by atoms with Crippen molar-refractivity contribution in [1.82, 2.24) is 14.2 Å². The maximum atomic E-state index is 13.6. The second-order valence-corrected chi connectivity index (χ2v) is 15.0. The number of rotatable bonds is 9. The second-order valence-electron chi connectivity index (χ2n) is 10.00. The van der Waals surface area contributed by atoms with Crippen molar-refractivity contribution in [2.45, 2.75) is 47.9 Å². The Labute approximate surface area is 229 Å². The minimum atomic E-state index is -3.67. The van der Waals surface area contributed by atoms with Gasteiger partial charge in [-0.2, -0.15) is 4.31 Å². The lowest BCUT2D eigenvalue weighted by molar-refractivity contribution is 0.0985. The highest BCUT2D eigenvalue weighted by molar-refractivity contribution is 7.90. The molecule has 1 heterocycles. The molecule has 1 aliphatic carbocycles. The van der Waals surface area contributed by atoms with Crippen LogP contribution in [0.3, 0.4) is 0 Å². The maximum Gasteiger partial charge on any atom is 0.260 e. The smallest absolute Gasteiger partial charge is 0.260 e. The molecule has 1 aromatic heterocycles. The third-order valence-corrected chi connectivity index (χ3v) is 11.0. The van der Waals surface area contributed by atoms with Crippen LogP contribution in [0.1, 0.15) is 42.5 Å². The zero-order valence-corrected chi connectivity index (χ0v) is 24.6. The second kappa shape index (κ2) is 11.4. The number of thiazole rings is 1. The van der Waals surface area contributed by atoms with Crippen molar-refractivity contribution in [3.8, 4) is 0 Å². The molecule has 9 nitrogen and oxygen atoms in total. The molecular weight excluding hydrogens is 545 g/mol. The fourth-order valence-corrected chi connectivity index (χ4v) is 7.72. The lowest BCUT2D eigenvalue weighted by Crippen LogP contribution is -2.38. The Hall–Kier alpha value is -2.38. The van der Waals surface area contributed by atoms with Crippen LogP contribution in [0, 0.1) is 0 Å². The van der Waals surface area contributed by atoms with Crippen molar-refractivity contribution in [3.63, 3.8) is 0 Å². The fraction of sp³-hybridized carbons (Fsp3) is 0.462. The fourth-order valence-electron chi connectivity index (χ4n) is 4.56. The van der Waals surface area contributed by atoms with Crippen molar-refractivity contribution >= 4 is 52.5 Å². The molecule has 0 radical (unpaired) electrons. The SMILES string of the molecule is CN(C)CCN(C(=O)c1ccc(S(=O)(=O)N(C)C2CCCCC2)cc1)c1nc2ccc(S(C)(=O)=O)cc2s1. The molecule has 0 spiro atoms. The van der Waals surface area contributed by atoms with E-state index in [0.717, 1.165) is 38.4 Å². The average molecular weight is 579 g/mol. The lowest BCUT2D eigenvalue weighted by Gasteiger charge is -2.30. The van der Waals surface area contributed by atoms with Crippen LogP contribution >= 0.6 is 11.3 Å². The van der Waals surface area contributed by atoms with Gasteiger partial charge in [0.25, 0.3) is 5.91 Å². The first kappa shape index (κ1) is 28.6. The van der Waals surface area contributed by atoms with Crippen LogP contribution in [-0.4, -0.2) is 83.5 Å². The van der Waals surface area contributed by atoms with Gasteiger partial charge in [0.2, 0.25) is 10.0 Å². The number of carbonyl (C=O) groups excluding carboxylic acids is 1. The number of hydrogen-bond donors (Lipinski definition) is 0. The van der Waals surface area contributed by atoms with Crippen molar-refractivity contribution in [2.24, 2.45) is 0 Å². The summed E-state index contributed by atoms with van der Waals surface area (Å²) in [7, 11) is -1.60. The quantitative estimate of drug-likeness (QED) is 0.379. The molecular formula is C26H34N4O5S3. The predicted molar refractivity (Wildman–Crippen MR) is 151 cm³/mol. The third-order valence-electron chi connectivity index (χ3n) is 6.89. The van der Waals surface area contributed by atoms with Crippen LogP contribution in [0.5, 0.6) is 0 Å². The van der Waals surface area contributed by atoms with Crippen molar-refractivity contribution in [3.05, 3.63) is 48.0 Å². The van der Waals surface area contributed by atoms with Crippen LogP contribution in [0.4, 0.5) is 5.13 Å². The first-order chi connectivity index (χ1) is 17.9. The summed E-state index contributed by atoms with van der Waals surface area (Å²) in [5, 5.41) is 0.450. The summed E-state index contributed by atoms with van der Waals surface area (Å²) in [5.41, 5.74) is 0.950. The highest BCUT2D eigenvalue weighted by Crippen LogP contribution is 2.32. The summed E-state index contributed by atoms with van der Waals surface area (Å²) in [6.45, 7) is 0.934. The Morgan fingerprint density at radius 3 is 2.16 bits per heavy atom. The molecule has 4 rings (SSSR count). The number of fused-ring (bicyclic) bond motifs is 1. The Bertz CT molecular complexity index is 1510. The summed E-state index contributed by atoms with van der Waals surface area (Å²) in [4.78, 5) is 22.1. The molecule has 206 valence electrons. The van der Waals surface area contributed by atoms with E-state index in [-0.39, 0.29) is 21.7 Å². The number of amides is 1. The van der Waals surface area contributed by atoms with Gasteiger partial charge in [-0.1, -0.05) is 30.6 Å². The molecule has 0 N–H and O–H groups in total. The van der Waals surface area contributed by atoms with Gasteiger partial charge in [0.1, 0.15) is 0 Å². The molecule has 0 aliphatic heterocycles. The average Bonchev–Trinajstić information content (AvgIpc) is 3.31. The van der Waals surface area contributed by atoms with Gasteiger partial charge in [-0.05, 0) is 69.4 Å². The van der Waals surface area contributed by atoms with Gasteiger partial charge in [-0.25, -0.2) is 21.8 Å². The van der Waals surface area contributed by atoms with Gasteiger partial charge in [0.05, 0.1) is 20.0 Å². The van der Waals surface area contributed by atoms with Crippen molar-refractivity contribution in [1.29, 1.82) is 0 Å². The van der Waals surface area contributed by atoms with Gasteiger partial charge in [-0.3, -0.25) is 9.69 Å². The zero-order valence-electron chi connectivity index (χ0n) is 22.1. The number of hydrogen-bond acceptors (Lipinski definition) is 8. The van der Waals surface area contributed by atoms with Crippen LogP contribution in [0.25, 0.3) is 10.2 Å². The molecule has 1 saturated carbocycles. The summed E-state index contributed by atoms with van der Waals surface area (Å²) in [5.74, 6) is -0.307. The summed E-state index contributed by atoms with van der Waals surface area (Å²) >= 11 is 1.25. The normalized spacial score (nSPS) is 15.4. The van der Waals surface area contributed by atoms with Crippen molar-refractivity contribution < 1.29 is 21.6 Å². The first-order valence-electron chi connectivity index (χ1n) is 12.5. The number of benzene rings is 2. The topological polar surface area (TPSA) is 108 Å².